The molecule has 2 atom stereocenters. The van der Waals surface area contributed by atoms with Gasteiger partial charge in [-0.2, -0.15) is 13.2 Å². The van der Waals surface area contributed by atoms with Crippen molar-refractivity contribution in [3.05, 3.63) is 59.4 Å². The Morgan fingerprint density at radius 2 is 2.00 bits per heavy atom. The van der Waals surface area contributed by atoms with Crippen LogP contribution in [0.4, 0.5) is 13.2 Å². The normalized spacial score (nSPS) is 19.0. The summed E-state index contributed by atoms with van der Waals surface area (Å²) >= 11 is 0. The van der Waals surface area contributed by atoms with E-state index in [0.717, 1.165) is 24.0 Å². The summed E-state index contributed by atoms with van der Waals surface area (Å²) in [6, 6.07) is 8.02. The third-order valence-corrected chi connectivity index (χ3v) is 3.50. The summed E-state index contributed by atoms with van der Waals surface area (Å²) in [6.45, 7) is 0. The van der Waals surface area contributed by atoms with Crippen molar-refractivity contribution in [3.63, 3.8) is 0 Å². The van der Waals surface area contributed by atoms with E-state index in [-0.39, 0.29) is 5.56 Å². The van der Waals surface area contributed by atoms with E-state index in [1.54, 1.807) is 12.1 Å². The molecule has 21 heavy (non-hydrogen) atoms. The van der Waals surface area contributed by atoms with E-state index in [2.05, 4.69) is 4.98 Å². The summed E-state index contributed by atoms with van der Waals surface area (Å²) < 4.78 is 44.5. The molecule has 0 saturated carbocycles. The maximum atomic E-state index is 13.0. The second-order valence-electron chi connectivity index (χ2n) is 4.87. The van der Waals surface area contributed by atoms with Gasteiger partial charge >= 0.3 is 6.18 Å². The van der Waals surface area contributed by atoms with Crippen molar-refractivity contribution in [2.45, 2.75) is 24.8 Å². The summed E-state index contributed by atoms with van der Waals surface area (Å²) in [5, 5.41) is 10.3. The summed E-state index contributed by atoms with van der Waals surface area (Å²) in [4.78, 5) is 3.68. The third kappa shape index (κ3) is 2.58. The number of ether oxygens (including phenoxy) is 1. The Morgan fingerprint density at radius 3 is 2.71 bits per heavy atom. The Bertz CT molecular complexity index is 632. The Balaban J connectivity index is 1.90. The zero-order chi connectivity index (χ0) is 15.0. The highest BCUT2D eigenvalue weighted by Gasteiger charge is 2.38. The monoisotopic (exact) mass is 295 g/mol. The Morgan fingerprint density at radius 1 is 1.24 bits per heavy atom. The first-order valence-corrected chi connectivity index (χ1v) is 6.40. The van der Waals surface area contributed by atoms with Gasteiger partial charge in [-0.1, -0.05) is 18.2 Å². The van der Waals surface area contributed by atoms with E-state index in [1.807, 2.05) is 12.1 Å². The molecule has 0 fully saturated rings. The molecule has 3 nitrogen and oxygen atoms in total. The maximum absolute atomic E-state index is 13.0. The molecule has 0 bridgehead atoms. The van der Waals surface area contributed by atoms with Crippen molar-refractivity contribution < 1.29 is 23.0 Å². The number of aliphatic hydroxyl groups excluding tert-OH is 1. The van der Waals surface area contributed by atoms with Gasteiger partial charge < -0.3 is 9.84 Å². The summed E-state index contributed by atoms with van der Waals surface area (Å²) in [5.41, 5.74) is -0.272. The maximum Gasteiger partial charge on any atom is 0.416 e. The first kappa shape index (κ1) is 13.9. The van der Waals surface area contributed by atoms with Crippen LogP contribution in [0.5, 0.6) is 5.75 Å². The Labute approximate surface area is 119 Å². The standard InChI is InChI=1S/C15H12F3NO2/c16-15(17,18)11-5-6-19-8-10(11)14(20)13-7-9-3-1-2-4-12(9)21-13/h1-6,8,13-14,20H,7H2. The molecule has 1 aliphatic rings. The number of pyridine rings is 1. The van der Waals surface area contributed by atoms with Crippen molar-refractivity contribution in [2.75, 3.05) is 0 Å². The first-order valence-electron chi connectivity index (χ1n) is 6.40. The van der Waals surface area contributed by atoms with Crippen LogP contribution in [0, 0.1) is 0 Å². The average Bonchev–Trinajstić information content (AvgIpc) is 2.89. The van der Waals surface area contributed by atoms with Gasteiger partial charge in [0.1, 0.15) is 18.0 Å². The number of fused-ring (bicyclic) bond motifs is 1. The zero-order valence-corrected chi connectivity index (χ0v) is 10.8. The van der Waals surface area contributed by atoms with Crippen LogP contribution in [-0.2, 0) is 12.6 Å². The van der Waals surface area contributed by atoms with Crippen LogP contribution >= 0.6 is 0 Å². The highest BCUT2D eigenvalue weighted by molar-refractivity contribution is 5.39. The molecule has 0 saturated heterocycles. The topological polar surface area (TPSA) is 42.4 Å². The van der Waals surface area contributed by atoms with Gasteiger partial charge in [-0.05, 0) is 17.7 Å². The van der Waals surface area contributed by atoms with Gasteiger partial charge in [0.25, 0.3) is 0 Å². The van der Waals surface area contributed by atoms with E-state index >= 15 is 0 Å². The number of alkyl halides is 3. The smallest absolute Gasteiger partial charge is 0.416 e. The number of benzene rings is 1. The van der Waals surface area contributed by atoms with Gasteiger partial charge in [-0.3, -0.25) is 4.98 Å². The van der Waals surface area contributed by atoms with Crippen molar-refractivity contribution in [2.24, 2.45) is 0 Å². The third-order valence-electron chi connectivity index (χ3n) is 3.50. The number of para-hydroxylation sites is 1. The molecular weight excluding hydrogens is 283 g/mol. The minimum atomic E-state index is -4.54. The molecule has 1 aromatic heterocycles. The van der Waals surface area contributed by atoms with E-state index in [0.29, 0.717) is 12.2 Å². The molecule has 1 aliphatic heterocycles. The predicted molar refractivity (Wildman–Crippen MR) is 68.8 cm³/mol. The van der Waals surface area contributed by atoms with E-state index in [9.17, 15) is 18.3 Å². The fraction of sp³-hybridized carbons (Fsp3) is 0.267. The van der Waals surface area contributed by atoms with E-state index in [4.69, 9.17) is 4.74 Å². The summed E-state index contributed by atoms with van der Waals surface area (Å²) in [5.74, 6) is 0.596. The largest absolute Gasteiger partial charge is 0.487 e. The van der Waals surface area contributed by atoms with Crippen LogP contribution in [0.2, 0.25) is 0 Å². The van der Waals surface area contributed by atoms with Crippen molar-refractivity contribution >= 4 is 0 Å². The molecule has 2 aromatic rings. The average molecular weight is 295 g/mol. The van der Waals surface area contributed by atoms with Crippen LogP contribution < -0.4 is 4.74 Å². The number of nitrogens with zero attached hydrogens (tertiary/aromatic N) is 1. The van der Waals surface area contributed by atoms with Crippen LogP contribution in [0.25, 0.3) is 0 Å². The van der Waals surface area contributed by atoms with Crippen molar-refractivity contribution in [1.29, 1.82) is 0 Å². The molecule has 0 radical (unpaired) electrons. The molecule has 1 aromatic carbocycles. The lowest BCUT2D eigenvalue weighted by molar-refractivity contribution is -0.139. The van der Waals surface area contributed by atoms with E-state index in [1.165, 1.54) is 0 Å². The number of halogens is 3. The first-order chi connectivity index (χ1) is 9.97. The minimum Gasteiger partial charge on any atom is -0.487 e. The molecule has 3 rings (SSSR count). The quantitative estimate of drug-likeness (QED) is 0.925. The Kier molecular flexibility index (Phi) is 3.33. The highest BCUT2D eigenvalue weighted by Crippen LogP contribution is 2.38. The van der Waals surface area contributed by atoms with Crippen molar-refractivity contribution in [1.82, 2.24) is 4.98 Å². The fourth-order valence-electron chi connectivity index (χ4n) is 2.49. The number of hydrogen-bond donors (Lipinski definition) is 1. The van der Waals surface area contributed by atoms with Gasteiger partial charge in [0.15, 0.2) is 0 Å². The highest BCUT2D eigenvalue weighted by atomic mass is 19.4. The molecule has 2 unspecified atom stereocenters. The van der Waals surface area contributed by atoms with Gasteiger partial charge in [-0.25, -0.2) is 0 Å². The molecule has 1 N–H and O–H groups in total. The lowest BCUT2D eigenvalue weighted by Gasteiger charge is -2.21. The molecular formula is C15H12F3NO2. The van der Waals surface area contributed by atoms with Crippen molar-refractivity contribution in [3.8, 4) is 5.75 Å². The van der Waals surface area contributed by atoms with Gasteiger partial charge in [-0.15, -0.1) is 0 Å². The van der Waals surface area contributed by atoms with Crippen LogP contribution in [0.3, 0.4) is 0 Å². The van der Waals surface area contributed by atoms with Crippen LogP contribution in [-0.4, -0.2) is 16.2 Å². The number of aliphatic hydroxyl groups is 1. The minimum absolute atomic E-state index is 0.261. The molecule has 0 aliphatic carbocycles. The molecule has 0 amide bonds. The van der Waals surface area contributed by atoms with Crippen LogP contribution in [0.15, 0.2) is 42.7 Å². The number of hydrogen-bond acceptors (Lipinski definition) is 3. The van der Waals surface area contributed by atoms with E-state index < -0.39 is 23.9 Å². The number of rotatable bonds is 2. The summed E-state index contributed by atoms with van der Waals surface area (Å²) in [7, 11) is 0. The van der Waals surface area contributed by atoms with Crippen LogP contribution in [0.1, 0.15) is 22.8 Å². The second-order valence-corrected chi connectivity index (χ2v) is 4.87. The molecule has 2 heterocycles. The van der Waals surface area contributed by atoms with Gasteiger partial charge in [0, 0.05) is 24.4 Å². The number of aromatic nitrogens is 1. The molecule has 110 valence electrons. The summed E-state index contributed by atoms with van der Waals surface area (Å²) in [6.07, 6.45) is -4.20. The fourth-order valence-corrected chi connectivity index (χ4v) is 2.49. The Hall–Kier alpha value is -2.08. The van der Waals surface area contributed by atoms with Gasteiger partial charge in [0.05, 0.1) is 5.56 Å². The lowest BCUT2D eigenvalue weighted by Crippen LogP contribution is -2.25. The second kappa shape index (κ2) is 5.04. The van der Waals surface area contributed by atoms with Gasteiger partial charge in [0.2, 0.25) is 0 Å². The predicted octanol–water partition coefficient (Wildman–Crippen LogP) is 3.14. The lowest BCUT2D eigenvalue weighted by atomic mass is 9.97. The zero-order valence-electron chi connectivity index (χ0n) is 10.8. The molecule has 0 spiro atoms. The SMILES string of the molecule is OC(c1cnccc1C(F)(F)F)C1Cc2ccccc2O1. The molecule has 6 heteroatoms.